The fourth-order valence-corrected chi connectivity index (χ4v) is 3.70. The molecule has 7 heteroatoms. The van der Waals surface area contributed by atoms with Gasteiger partial charge in [0.25, 0.3) is 0 Å². The topological polar surface area (TPSA) is 66.0 Å². The molecule has 0 radical (unpaired) electrons. The van der Waals surface area contributed by atoms with Crippen LogP contribution in [0.25, 0.3) is 0 Å². The van der Waals surface area contributed by atoms with Crippen molar-refractivity contribution < 1.29 is 9.53 Å². The Morgan fingerprint density at radius 2 is 1.80 bits per heavy atom. The third-order valence-corrected chi connectivity index (χ3v) is 5.53. The van der Waals surface area contributed by atoms with Crippen LogP contribution in [0.3, 0.4) is 0 Å². The van der Waals surface area contributed by atoms with Gasteiger partial charge in [-0.1, -0.05) is 60.1 Å². The summed E-state index contributed by atoms with van der Waals surface area (Å²) in [6.45, 7) is 3.60. The number of aliphatic imine (C=N–C) groups is 1. The molecule has 160 valence electrons. The minimum absolute atomic E-state index is 0.114. The molecule has 0 aliphatic carbocycles. The second-order valence-electron chi connectivity index (χ2n) is 7.12. The maximum absolute atomic E-state index is 13.2. The zero-order valence-corrected chi connectivity index (χ0v) is 18.1. The predicted molar refractivity (Wildman–Crippen MR) is 121 cm³/mol. The van der Waals surface area contributed by atoms with Crippen LogP contribution in [0, 0.1) is 0 Å². The first kappa shape index (κ1) is 22.1. The standard InChI is InChI=1S/C23H29ClN4O2/c1-25-23(26-12-11-19-9-5-6-10-21(19)24)27-17-20(18-7-3-2-4-8-18)22(29)28-13-15-30-16-14-28/h2-10,20H,11-17H2,1H3,(H2,25,26,27). The summed E-state index contributed by atoms with van der Waals surface area (Å²) in [6, 6.07) is 17.7. The van der Waals surface area contributed by atoms with E-state index in [4.69, 9.17) is 16.3 Å². The van der Waals surface area contributed by atoms with Gasteiger partial charge in [0.1, 0.15) is 0 Å². The van der Waals surface area contributed by atoms with Crippen molar-refractivity contribution >= 4 is 23.5 Å². The predicted octanol–water partition coefficient (Wildman–Crippen LogP) is 2.69. The molecule has 1 saturated heterocycles. The van der Waals surface area contributed by atoms with Crippen LogP contribution in [0.1, 0.15) is 17.0 Å². The van der Waals surface area contributed by atoms with Gasteiger partial charge in [-0.3, -0.25) is 9.79 Å². The van der Waals surface area contributed by atoms with Crippen molar-refractivity contribution in [2.45, 2.75) is 12.3 Å². The number of guanidine groups is 1. The number of nitrogens with one attached hydrogen (secondary N) is 2. The number of benzene rings is 2. The zero-order valence-electron chi connectivity index (χ0n) is 17.3. The number of hydrogen-bond donors (Lipinski definition) is 2. The fraction of sp³-hybridized carbons (Fsp3) is 0.391. The summed E-state index contributed by atoms with van der Waals surface area (Å²) >= 11 is 6.23. The molecule has 0 aromatic heterocycles. The SMILES string of the molecule is CN=C(NCCc1ccccc1Cl)NCC(C(=O)N1CCOCC1)c1ccccc1. The van der Waals surface area contributed by atoms with Crippen molar-refractivity contribution in [1.82, 2.24) is 15.5 Å². The number of carbonyl (C=O) groups is 1. The molecule has 1 heterocycles. The van der Waals surface area contributed by atoms with E-state index in [-0.39, 0.29) is 11.8 Å². The highest BCUT2D eigenvalue weighted by molar-refractivity contribution is 6.31. The fourth-order valence-electron chi connectivity index (χ4n) is 3.47. The van der Waals surface area contributed by atoms with Gasteiger partial charge in [0.2, 0.25) is 5.91 Å². The average molecular weight is 429 g/mol. The van der Waals surface area contributed by atoms with Crippen LogP contribution in [-0.2, 0) is 16.0 Å². The average Bonchev–Trinajstić information content (AvgIpc) is 2.80. The quantitative estimate of drug-likeness (QED) is 0.525. The van der Waals surface area contributed by atoms with E-state index in [0.29, 0.717) is 45.4 Å². The Morgan fingerprint density at radius 3 is 2.50 bits per heavy atom. The van der Waals surface area contributed by atoms with Crippen molar-refractivity contribution in [1.29, 1.82) is 0 Å². The molecule has 1 aliphatic heterocycles. The van der Waals surface area contributed by atoms with Crippen LogP contribution in [-0.4, -0.2) is 63.2 Å². The van der Waals surface area contributed by atoms with E-state index in [0.717, 1.165) is 22.6 Å². The molecule has 0 spiro atoms. The Kier molecular flexibility index (Phi) is 8.53. The zero-order chi connectivity index (χ0) is 21.2. The molecular formula is C23H29ClN4O2. The highest BCUT2D eigenvalue weighted by atomic mass is 35.5. The molecule has 30 heavy (non-hydrogen) atoms. The molecule has 2 aromatic rings. The third kappa shape index (κ3) is 6.21. The number of ether oxygens (including phenoxy) is 1. The summed E-state index contributed by atoms with van der Waals surface area (Å²) in [5, 5.41) is 7.39. The molecule has 3 rings (SSSR count). The van der Waals surface area contributed by atoms with Crippen LogP contribution < -0.4 is 10.6 Å². The maximum Gasteiger partial charge on any atom is 0.232 e. The second kappa shape index (κ2) is 11.6. The lowest BCUT2D eigenvalue weighted by atomic mass is 9.97. The lowest BCUT2D eigenvalue weighted by molar-refractivity contribution is -0.136. The second-order valence-corrected chi connectivity index (χ2v) is 7.53. The normalized spacial score (nSPS) is 15.5. The van der Waals surface area contributed by atoms with Crippen LogP contribution in [0.2, 0.25) is 5.02 Å². The van der Waals surface area contributed by atoms with E-state index in [9.17, 15) is 4.79 Å². The minimum Gasteiger partial charge on any atom is -0.378 e. The van der Waals surface area contributed by atoms with Gasteiger partial charge in [-0.05, 0) is 23.6 Å². The number of morpholine rings is 1. The van der Waals surface area contributed by atoms with E-state index < -0.39 is 0 Å². The Labute approximate surface area is 183 Å². The van der Waals surface area contributed by atoms with Gasteiger partial charge in [-0.25, -0.2) is 0 Å². The molecule has 1 amide bonds. The highest BCUT2D eigenvalue weighted by Gasteiger charge is 2.27. The molecule has 2 N–H and O–H groups in total. The highest BCUT2D eigenvalue weighted by Crippen LogP contribution is 2.19. The summed E-state index contributed by atoms with van der Waals surface area (Å²) in [4.78, 5) is 19.4. The lowest BCUT2D eigenvalue weighted by Gasteiger charge is -2.31. The summed E-state index contributed by atoms with van der Waals surface area (Å²) in [5.41, 5.74) is 2.08. The van der Waals surface area contributed by atoms with Gasteiger partial charge >= 0.3 is 0 Å². The summed E-state index contributed by atoms with van der Waals surface area (Å²) in [6.07, 6.45) is 0.787. The molecule has 2 aromatic carbocycles. The smallest absolute Gasteiger partial charge is 0.232 e. The van der Waals surface area contributed by atoms with Crippen molar-refractivity contribution in [3.05, 3.63) is 70.7 Å². The van der Waals surface area contributed by atoms with E-state index in [1.54, 1.807) is 7.05 Å². The number of amides is 1. The third-order valence-electron chi connectivity index (χ3n) is 5.16. The molecule has 1 atom stereocenters. The van der Waals surface area contributed by atoms with Crippen molar-refractivity contribution in [2.75, 3.05) is 46.4 Å². The first-order valence-corrected chi connectivity index (χ1v) is 10.7. The molecule has 1 fully saturated rings. The number of carbonyl (C=O) groups excluding carboxylic acids is 1. The minimum atomic E-state index is -0.286. The molecular weight excluding hydrogens is 400 g/mol. The van der Waals surface area contributed by atoms with E-state index in [1.165, 1.54) is 0 Å². The number of nitrogens with zero attached hydrogens (tertiary/aromatic N) is 2. The largest absolute Gasteiger partial charge is 0.378 e. The van der Waals surface area contributed by atoms with Gasteiger partial charge < -0.3 is 20.3 Å². The van der Waals surface area contributed by atoms with Gasteiger partial charge in [0, 0.05) is 38.2 Å². The van der Waals surface area contributed by atoms with E-state index in [2.05, 4.69) is 15.6 Å². The van der Waals surface area contributed by atoms with Crippen molar-refractivity contribution in [2.24, 2.45) is 4.99 Å². The first-order valence-electron chi connectivity index (χ1n) is 10.3. The Morgan fingerprint density at radius 1 is 1.10 bits per heavy atom. The van der Waals surface area contributed by atoms with Gasteiger partial charge in [-0.15, -0.1) is 0 Å². The van der Waals surface area contributed by atoms with Crippen LogP contribution in [0.15, 0.2) is 59.6 Å². The Balaban J connectivity index is 1.59. The lowest BCUT2D eigenvalue weighted by Crippen LogP contribution is -2.47. The first-order chi connectivity index (χ1) is 14.7. The van der Waals surface area contributed by atoms with Crippen LogP contribution in [0.4, 0.5) is 0 Å². The van der Waals surface area contributed by atoms with E-state index >= 15 is 0 Å². The molecule has 1 aliphatic rings. The van der Waals surface area contributed by atoms with Crippen LogP contribution in [0.5, 0.6) is 0 Å². The monoisotopic (exact) mass is 428 g/mol. The van der Waals surface area contributed by atoms with Gasteiger partial charge in [0.05, 0.1) is 19.1 Å². The summed E-state index contributed by atoms with van der Waals surface area (Å²) < 4.78 is 5.39. The molecule has 0 saturated carbocycles. The summed E-state index contributed by atoms with van der Waals surface area (Å²) in [7, 11) is 1.73. The van der Waals surface area contributed by atoms with Gasteiger partial charge in [0.15, 0.2) is 5.96 Å². The van der Waals surface area contributed by atoms with Crippen LogP contribution >= 0.6 is 11.6 Å². The molecule has 6 nitrogen and oxygen atoms in total. The maximum atomic E-state index is 13.2. The van der Waals surface area contributed by atoms with Crippen molar-refractivity contribution in [3.8, 4) is 0 Å². The van der Waals surface area contributed by atoms with Crippen molar-refractivity contribution in [3.63, 3.8) is 0 Å². The van der Waals surface area contributed by atoms with Gasteiger partial charge in [-0.2, -0.15) is 0 Å². The molecule has 0 bridgehead atoms. The molecule has 1 unspecified atom stereocenters. The number of rotatable bonds is 7. The van der Waals surface area contributed by atoms with E-state index in [1.807, 2.05) is 59.5 Å². The Hall–Kier alpha value is -2.57. The number of hydrogen-bond acceptors (Lipinski definition) is 3. The Bertz CT molecular complexity index is 838. The summed E-state index contributed by atoms with van der Waals surface area (Å²) in [5.74, 6) is 0.493. The number of halogens is 1.